The smallest absolute Gasteiger partial charge is 0.245 e. The predicted octanol–water partition coefficient (Wildman–Crippen LogP) is 1.35. The van der Waals surface area contributed by atoms with Crippen LogP contribution in [0.3, 0.4) is 0 Å². The van der Waals surface area contributed by atoms with Crippen molar-refractivity contribution in [1.82, 2.24) is 20.0 Å². The Morgan fingerprint density at radius 3 is 2.46 bits per heavy atom. The zero-order valence-electron chi connectivity index (χ0n) is 16.2. The molecule has 0 radical (unpaired) electrons. The SMILES string of the molecule is Cc1ccc(C(N)C(=O)Nc2cnn(CC(=O)NCCN(C)C)c2)cc1.Cl.Cl. The van der Waals surface area contributed by atoms with Gasteiger partial charge in [0.25, 0.3) is 0 Å². The van der Waals surface area contributed by atoms with Gasteiger partial charge in [0.2, 0.25) is 11.8 Å². The molecule has 2 amide bonds. The number of aromatic nitrogens is 2. The number of amides is 2. The Hall–Kier alpha value is -2.13. The lowest BCUT2D eigenvalue weighted by molar-refractivity contribution is -0.122. The number of carbonyl (C=O) groups excluding carboxylic acids is 2. The first-order chi connectivity index (χ1) is 12.3. The summed E-state index contributed by atoms with van der Waals surface area (Å²) in [6.07, 6.45) is 3.10. The van der Waals surface area contributed by atoms with Crippen LogP contribution in [0.15, 0.2) is 36.7 Å². The average molecular weight is 431 g/mol. The number of halogens is 2. The molecule has 4 N–H and O–H groups in total. The number of carbonyl (C=O) groups is 2. The van der Waals surface area contributed by atoms with Crippen LogP contribution in [-0.4, -0.2) is 53.7 Å². The fraction of sp³-hybridized carbons (Fsp3) is 0.389. The molecule has 0 bridgehead atoms. The minimum atomic E-state index is -0.770. The molecule has 0 aliphatic heterocycles. The van der Waals surface area contributed by atoms with E-state index in [-0.39, 0.29) is 43.2 Å². The zero-order chi connectivity index (χ0) is 19.1. The normalized spacial score (nSPS) is 11.2. The summed E-state index contributed by atoms with van der Waals surface area (Å²) in [5.74, 6) is -0.465. The molecule has 28 heavy (non-hydrogen) atoms. The first-order valence-corrected chi connectivity index (χ1v) is 8.42. The van der Waals surface area contributed by atoms with Crippen LogP contribution in [0.1, 0.15) is 17.2 Å². The van der Waals surface area contributed by atoms with Gasteiger partial charge >= 0.3 is 0 Å². The minimum absolute atomic E-state index is 0. The monoisotopic (exact) mass is 430 g/mol. The maximum Gasteiger partial charge on any atom is 0.245 e. The quantitative estimate of drug-likeness (QED) is 0.585. The van der Waals surface area contributed by atoms with E-state index in [0.717, 1.165) is 17.7 Å². The Bertz CT molecular complexity index is 749. The number of anilines is 1. The fourth-order valence-electron chi connectivity index (χ4n) is 2.28. The van der Waals surface area contributed by atoms with Gasteiger partial charge in [0, 0.05) is 19.3 Å². The summed E-state index contributed by atoms with van der Waals surface area (Å²) in [5.41, 5.74) is 8.33. The number of aryl methyl sites for hydroxylation is 1. The van der Waals surface area contributed by atoms with Crippen molar-refractivity contribution in [2.75, 3.05) is 32.5 Å². The van der Waals surface area contributed by atoms with Gasteiger partial charge in [-0.3, -0.25) is 14.3 Å². The molecule has 1 heterocycles. The molecule has 8 nitrogen and oxygen atoms in total. The molecule has 1 aromatic heterocycles. The Morgan fingerprint density at radius 1 is 1.21 bits per heavy atom. The highest BCUT2D eigenvalue weighted by Gasteiger charge is 2.16. The van der Waals surface area contributed by atoms with Crippen LogP contribution >= 0.6 is 24.8 Å². The van der Waals surface area contributed by atoms with Crippen molar-refractivity contribution in [3.63, 3.8) is 0 Å². The molecule has 0 spiro atoms. The van der Waals surface area contributed by atoms with Crippen LogP contribution in [0.4, 0.5) is 5.69 Å². The number of likely N-dealkylation sites (N-methyl/N-ethyl adjacent to an activating group) is 1. The highest BCUT2D eigenvalue weighted by atomic mass is 35.5. The second-order valence-corrected chi connectivity index (χ2v) is 6.46. The average Bonchev–Trinajstić information content (AvgIpc) is 3.01. The number of nitrogens with zero attached hydrogens (tertiary/aromatic N) is 3. The third-order valence-corrected chi connectivity index (χ3v) is 3.81. The summed E-state index contributed by atoms with van der Waals surface area (Å²) in [5, 5.41) is 9.61. The predicted molar refractivity (Wildman–Crippen MR) is 115 cm³/mol. The van der Waals surface area contributed by atoms with Gasteiger partial charge in [0.05, 0.1) is 11.9 Å². The molecule has 0 saturated heterocycles. The van der Waals surface area contributed by atoms with Crippen molar-refractivity contribution in [1.29, 1.82) is 0 Å². The van der Waals surface area contributed by atoms with Crippen molar-refractivity contribution < 1.29 is 9.59 Å². The number of rotatable bonds is 8. The van der Waals surface area contributed by atoms with E-state index < -0.39 is 6.04 Å². The molecule has 1 unspecified atom stereocenters. The van der Waals surface area contributed by atoms with E-state index in [1.54, 1.807) is 6.20 Å². The van der Waals surface area contributed by atoms with Crippen molar-refractivity contribution in [3.05, 3.63) is 47.8 Å². The second kappa shape index (κ2) is 12.4. The van der Waals surface area contributed by atoms with Crippen molar-refractivity contribution >= 4 is 42.3 Å². The van der Waals surface area contributed by atoms with E-state index in [9.17, 15) is 9.59 Å². The molecular formula is C18H28Cl2N6O2. The van der Waals surface area contributed by atoms with Crippen molar-refractivity contribution in [3.8, 4) is 0 Å². The summed E-state index contributed by atoms with van der Waals surface area (Å²) >= 11 is 0. The summed E-state index contributed by atoms with van der Waals surface area (Å²) in [6.45, 7) is 3.40. The first-order valence-electron chi connectivity index (χ1n) is 8.42. The molecule has 1 aromatic carbocycles. The van der Waals surface area contributed by atoms with Crippen LogP contribution < -0.4 is 16.4 Å². The van der Waals surface area contributed by atoms with Gasteiger partial charge < -0.3 is 21.3 Å². The van der Waals surface area contributed by atoms with Gasteiger partial charge in [0.15, 0.2) is 0 Å². The van der Waals surface area contributed by atoms with E-state index in [1.807, 2.05) is 50.2 Å². The van der Waals surface area contributed by atoms with Crippen molar-refractivity contribution in [2.45, 2.75) is 19.5 Å². The molecule has 0 saturated carbocycles. The number of hydrogen-bond acceptors (Lipinski definition) is 5. The first kappa shape index (κ1) is 25.9. The molecule has 156 valence electrons. The summed E-state index contributed by atoms with van der Waals surface area (Å²) in [7, 11) is 3.88. The van der Waals surface area contributed by atoms with Gasteiger partial charge in [-0.2, -0.15) is 5.10 Å². The lowest BCUT2D eigenvalue weighted by atomic mass is 10.1. The number of hydrogen-bond donors (Lipinski definition) is 3. The molecule has 2 rings (SSSR count). The van der Waals surface area contributed by atoms with Gasteiger partial charge in [-0.05, 0) is 26.6 Å². The van der Waals surface area contributed by atoms with Crippen LogP contribution in [0, 0.1) is 6.92 Å². The summed E-state index contributed by atoms with van der Waals surface area (Å²) < 4.78 is 1.47. The third kappa shape index (κ3) is 8.26. The maximum absolute atomic E-state index is 12.3. The zero-order valence-corrected chi connectivity index (χ0v) is 17.8. The van der Waals surface area contributed by atoms with Crippen LogP contribution in [-0.2, 0) is 16.1 Å². The van der Waals surface area contributed by atoms with Gasteiger partial charge in [-0.1, -0.05) is 29.8 Å². The highest BCUT2D eigenvalue weighted by molar-refractivity contribution is 5.95. The lowest BCUT2D eigenvalue weighted by Gasteiger charge is -2.12. The fourth-order valence-corrected chi connectivity index (χ4v) is 2.28. The highest BCUT2D eigenvalue weighted by Crippen LogP contribution is 2.14. The second-order valence-electron chi connectivity index (χ2n) is 6.46. The molecule has 1 atom stereocenters. The van der Waals surface area contributed by atoms with Crippen LogP contribution in [0.2, 0.25) is 0 Å². The van der Waals surface area contributed by atoms with Crippen LogP contribution in [0.25, 0.3) is 0 Å². The molecule has 0 fully saturated rings. The molecule has 0 aliphatic rings. The molecule has 2 aromatic rings. The standard InChI is InChI=1S/C18H26N6O2.2ClH/c1-13-4-6-14(7-5-13)17(19)18(26)22-15-10-21-24(11-15)12-16(25)20-8-9-23(2)3;;/h4-7,10-11,17H,8-9,12,19H2,1-3H3,(H,20,25)(H,22,26);2*1H. The molecular weight excluding hydrogens is 403 g/mol. The summed E-state index contributed by atoms with van der Waals surface area (Å²) in [6, 6.07) is 6.72. The maximum atomic E-state index is 12.3. The van der Waals surface area contributed by atoms with Crippen molar-refractivity contribution in [2.24, 2.45) is 5.73 Å². The van der Waals surface area contributed by atoms with Gasteiger partial charge in [-0.15, -0.1) is 24.8 Å². The van der Waals surface area contributed by atoms with E-state index in [1.165, 1.54) is 10.9 Å². The topological polar surface area (TPSA) is 105 Å². The Morgan fingerprint density at radius 2 is 1.86 bits per heavy atom. The number of nitrogens with one attached hydrogen (secondary N) is 2. The van der Waals surface area contributed by atoms with E-state index in [0.29, 0.717) is 12.2 Å². The Kier molecular flexibility index (Phi) is 11.4. The van der Waals surface area contributed by atoms with Gasteiger partial charge in [0.1, 0.15) is 12.6 Å². The van der Waals surface area contributed by atoms with Crippen LogP contribution in [0.5, 0.6) is 0 Å². The molecule has 10 heteroatoms. The van der Waals surface area contributed by atoms with E-state index >= 15 is 0 Å². The third-order valence-electron chi connectivity index (χ3n) is 3.81. The van der Waals surface area contributed by atoms with E-state index in [2.05, 4.69) is 15.7 Å². The lowest BCUT2D eigenvalue weighted by Crippen LogP contribution is -2.33. The molecule has 0 aliphatic carbocycles. The number of benzene rings is 1. The Balaban J connectivity index is 0.00000364. The van der Waals surface area contributed by atoms with E-state index in [4.69, 9.17) is 5.73 Å². The minimum Gasteiger partial charge on any atom is -0.353 e. The van der Waals surface area contributed by atoms with Gasteiger partial charge in [-0.25, -0.2) is 0 Å². The number of nitrogens with two attached hydrogens (primary N) is 1. The summed E-state index contributed by atoms with van der Waals surface area (Å²) in [4.78, 5) is 26.1. The largest absolute Gasteiger partial charge is 0.353 e. The Labute approximate surface area is 177 Å².